The van der Waals surface area contributed by atoms with Crippen LogP contribution >= 0.6 is 0 Å². The number of hydrogen-bond donors (Lipinski definition) is 3. The van der Waals surface area contributed by atoms with Crippen LogP contribution in [0.15, 0.2) is 48.5 Å². The Hall–Kier alpha value is -3.72. The fraction of sp³-hybridized carbons (Fsp3) is 0.484. The maximum Gasteiger partial charge on any atom is 0.247 e. The number of nitrogens with one attached hydrogen (secondary N) is 3. The highest BCUT2D eigenvalue weighted by atomic mass is 16.2. The second-order valence-corrected chi connectivity index (χ2v) is 11.5. The number of fused-ring (bicyclic) bond motifs is 2. The first-order valence-electron chi connectivity index (χ1n) is 14.4. The van der Waals surface area contributed by atoms with E-state index in [-0.39, 0.29) is 42.3 Å². The van der Waals surface area contributed by atoms with E-state index in [1.165, 1.54) is 0 Å². The minimum atomic E-state index is -0.827. The minimum absolute atomic E-state index is 0.0254. The van der Waals surface area contributed by atoms with Crippen LogP contribution in [-0.2, 0) is 14.4 Å². The third-order valence-electron chi connectivity index (χ3n) is 8.20. The third-order valence-corrected chi connectivity index (χ3v) is 8.20. The van der Waals surface area contributed by atoms with Crippen LogP contribution in [-0.4, -0.2) is 75.8 Å². The number of H-pyrrole nitrogens is 1. The second-order valence-electron chi connectivity index (χ2n) is 11.5. The zero-order chi connectivity index (χ0) is 28.4. The van der Waals surface area contributed by atoms with Gasteiger partial charge in [0.05, 0.1) is 23.1 Å². The number of benzene rings is 2. The summed E-state index contributed by atoms with van der Waals surface area (Å²) in [6.07, 6.45) is 2.71. The number of aromatic nitrogens is 2. The number of carbonyl (C=O) groups excluding carboxylic acids is 3. The van der Waals surface area contributed by atoms with Crippen molar-refractivity contribution in [1.82, 2.24) is 30.4 Å². The molecule has 9 nitrogen and oxygen atoms in total. The van der Waals surface area contributed by atoms with Gasteiger partial charge in [0, 0.05) is 31.1 Å². The highest BCUT2D eigenvalue weighted by Crippen LogP contribution is 2.39. The molecule has 0 radical (unpaired) electrons. The Morgan fingerprint density at radius 3 is 2.55 bits per heavy atom. The first kappa shape index (κ1) is 27.8. The molecule has 2 saturated heterocycles. The van der Waals surface area contributed by atoms with Crippen molar-refractivity contribution in [1.29, 1.82) is 0 Å². The molecule has 5 rings (SSSR count). The van der Waals surface area contributed by atoms with E-state index in [0.717, 1.165) is 40.8 Å². The first-order valence-corrected chi connectivity index (χ1v) is 14.4. The van der Waals surface area contributed by atoms with Crippen molar-refractivity contribution in [2.45, 2.75) is 70.6 Å². The minimum Gasteiger partial charge on any atom is -0.341 e. The highest BCUT2D eigenvalue weighted by Gasteiger charge is 2.44. The van der Waals surface area contributed by atoms with Gasteiger partial charge in [-0.2, -0.15) is 0 Å². The van der Waals surface area contributed by atoms with Crippen LogP contribution in [0.3, 0.4) is 0 Å². The Morgan fingerprint density at radius 1 is 1.05 bits per heavy atom. The maximum atomic E-state index is 14.2. The van der Waals surface area contributed by atoms with Gasteiger partial charge in [-0.1, -0.05) is 56.3 Å². The Kier molecular flexibility index (Phi) is 8.21. The molecule has 3 amide bonds. The predicted octanol–water partition coefficient (Wildman–Crippen LogP) is 3.63. The van der Waals surface area contributed by atoms with Gasteiger partial charge in [0.1, 0.15) is 11.9 Å². The Labute approximate surface area is 235 Å². The molecule has 0 spiro atoms. The SMILES string of the molecule is CN[C@@H](C)C(=O)N[C@H]1CN(C(=O)CC(C)C)CC[C@H]2CC[C@@H](c3nc4c(-c5ccccc5)cccc4[nH]3)N2C1=O. The molecule has 0 saturated carbocycles. The normalized spacial score (nSPS) is 22.2. The summed E-state index contributed by atoms with van der Waals surface area (Å²) >= 11 is 0. The van der Waals surface area contributed by atoms with Gasteiger partial charge < -0.3 is 25.4 Å². The quantitative estimate of drug-likeness (QED) is 0.421. The number of para-hydroxylation sites is 1. The lowest BCUT2D eigenvalue weighted by molar-refractivity contribution is -0.144. The molecule has 3 N–H and O–H groups in total. The fourth-order valence-corrected chi connectivity index (χ4v) is 5.94. The molecule has 0 aliphatic carbocycles. The molecule has 1 aromatic heterocycles. The smallest absolute Gasteiger partial charge is 0.247 e. The number of hydrogen-bond acceptors (Lipinski definition) is 5. The van der Waals surface area contributed by atoms with E-state index in [9.17, 15) is 14.4 Å². The van der Waals surface area contributed by atoms with E-state index in [4.69, 9.17) is 4.98 Å². The van der Waals surface area contributed by atoms with Crippen molar-refractivity contribution in [3.63, 3.8) is 0 Å². The lowest BCUT2D eigenvalue weighted by atomic mass is 10.0. The standard InChI is InChI=1S/C31H40N6O3/c1-19(2)17-27(38)36-16-15-22-13-14-26(37(22)31(40)25(18-36)34-30(39)20(3)32-4)29-33-24-12-8-11-23(28(24)35-29)21-9-6-5-7-10-21/h5-12,19-20,22,25-26,32H,13-18H2,1-4H3,(H,33,35)(H,34,39)/t20-,22+,25-,26-/m0/s1. The lowest BCUT2D eigenvalue weighted by Gasteiger charge is -2.39. The average Bonchev–Trinajstić information content (AvgIpc) is 3.56. The van der Waals surface area contributed by atoms with Crippen LogP contribution in [0, 0.1) is 5.92 Å². The van der Waals surface area contributed by atoms with E-state index in [1.54, 1.807) is 18.9 Å². The summed E-state index contributed by atoms with van der Waals surface area (Å²) in [6, 6.07) is 14.7. The van der Waals surface area contributed by atoms with Gasteiger partial charge in [-0.15, -0.1) is 0 Å². The van der Waals surface area contributed by atoms with Crippen LogP contribution in [0.2, 0.25) is 0 Å². The number of nitrogens with zero attached hydrogens (tertiary/aromatic N) is 3. The summed E-state index contributed by atoms with van der Waals surface area (Å²) in [5, 5.41) is 5.89. The number of likely N-dealkylation sites (N-methyl/N-ethyl adjacent to an activating group) is 1. The van der Waals surface area contributed by atoms with E-state index in [0.29, 0.717) is 19.4 Å². The van der Waals surface area contributed by atoms with Gasteiger partial charge in [0.15, 0.2) is 0 Å². The van der Waals surface area contributed by atoms with Crippen molar-refractivity contribution in [2.75, 3.05) is 20.1 Å². The Bertz CT molecular complexity index is 1370. The summed E-state index contributed by atoms with van der Waals surface area (Å²) in [7, 11) is 1.71. The van der Waals surface area contributed by atoms with Crippen molar-refractivity contribution in [2.24, 2.45) is 5.92 Å². The summed E-state index contributed by atoms with van der Waals surface area (Å²) < 4.78 is 0. The molecule has 3 heterocycles. The topological polar surface area (TPSA) is 110 Å². The van der Waals surface area contributed by atoms with Crippen LogP contribution in [0.5, 0.6) is 0 Å². The van der Waals surface area contributed by atoms with E-state index >= 15 is 0 Å². The number of rotatable bonds is 7. The number of amides is 3. The van der Waals surface area contributed by atoms with Gasteiger partial charge in [-0.05, 0) is 50.8 Å². The summed E-state index contributed by atoms with van der Waals surface area (Å²) in [4.78, 5) is 52.5. The summed E-state index contributed by atoms with van der Waals surface area (Å²) in [5.74, 6) is 0.581. The largest absolute Gasteiger partial charge is 0.341 e. The molecule has 0 bridgehead atoms. The van der Waals surface area contributed by atoms with Crippen molar-refractivity contribution in [3.05, 3.63) is 54.4 Å². The molecule has 3 aromatic rings. The summed E-state index contributed by atoms with van der Waals surface area (Å²) in [6.45, 7) is 6.51. The molecule has 40 heavy (non-hydrogen) atoms. The molecule has 0 unspecified atom stereocenters. The zero-order valence-corrected chi connectivity index (χ0v) is 23.8. The van der Waals surface area contributed by atoms with Gasteiger partial charge in [-0.3, -0.25) is 14.4 Å². The maximum absolute atomic E-state index is 14.2. The first-order chi connectivity index (χ1) is 19.3. The summed E-state index contributed by atoms with van der Waals surface area (Å²) in [5.41, 5.74) is 3.94. The molecule has 2 aromatic carbocycles. The highest BCUT2D eigenvalue weighted by molar-refractivity contribution is 5.93. The number of carbonyl (C=O) groups is 3. The van der Waals surface area contributed by atoms with Gasteiger partial charge >= 0.3 is 0 Å². The second kappa shape index (κ2) is 11.8. The van der Waals surface area contributed by atoms with Crippen LogP contribution in [0.25, 0.3) is 22.2 Å². The van der Waals surface area contributed by atoms with Gasteiger partial charge in [0.2, 0.25) is 17.7 Å². The van der Waals surface area contributed by atoms with Crippen molar-refractivity contribution < 1.29 is 14.4 Å². The average molecular weight is 545 g/mol. The van der Waals surface area contributed by atoms with Crippen LogP contribution < -0.4 is 10.6 Å². The van der Waals surface area contributed by atoms with Crippen LogP contribution in [0.4, 0.5) is 0 Å². The van der Waals surface area contributed by atoms with Crippen LogP contribution in [0.1, 0.15) is 58.3 Å². The van der Waals surface area contributed by atoms with Gasteiger partial charge in [-0.25, -0.2) is 4.98 Å². The zero-order valence-electron chi connectivity index (χ0n) is 23.8. The number of imidazole rings is 1. The monoisotopic (exact) mass is 544 g/mol. The lowest BCUT2D eigenvalue weighted by Crippen LogP contribution is -2.60. The molecule has 2 aliphatic rings. The third kappa shape index (κ3) is 5.61. The Balaban J connectivity index is 1.47. The fourth-order valence-electron chi connectivity index (χ4n) is 5.94. The van der Waals surface area contributed by atoms with Crippen molar-refractivity contribution in [3.8, 4) is 11.1 Å². The van der Waals surface area contributed by atoms with E-state index < -0.39 is 12.1 Å². The molecule has 212 valence electrons. The molecule has 4 atom stereocenters. The molecule has 2 fully saturated rings. The predicted molar refractivity (Wildman–Crippen MR) is 155 cm³/mol. The molecular formula is C31H40N6O3. The van der Waals surface area contributed by atoms with E-state index in [1.807, 2.05) is 49.1 Å². The molecular weight excluding hydrogens is 504 g/mol. The molecule has 2 aliphatic heterocycles. The van der Waals surface area contributed by atoms with Crippen molar-refractivity contribution >= 4 is 28.8 Å². The van der Waals surface area contributed by atoms with E-state index in [2.05, 4.69) is 33.8 Å². The van der Waals surface area contributed by atoms with Gasteiger partial charge in [0.25, 0.3) is 0 Å². The number of aromatic amines is 1. The molecule has 9 heteroatoms. The Morgan fingerprint density at radius 2 is 1.82 bits per heavy atom.